The van der Waals surface area contributed by atoms with E-state index in [1.165, 1.54) is 0 Å². The summed E-state index contributed by atoms with van der Waals surface area (Å²) in [6.07, 6.45) is 4.03. The highest BCUT2D eigenvalue weighted by Gasteiger charge is 2.25. The van der Waals surface area contributed by atoms with Gasteiger partial charge in [0.25, 0.3) is 0 Å². The second-order valence-corrected chi connectivity index (χ2v) is 7.65. The molecule has 162 valence electrons. The van der Waals surface area contributed by atoms with E-state index < -0.39 is 5.97 Å². The highest BCUT2D eigenvalue weighted by molar-refractivity contribution is 6.06. The number of nitrogen functional groups attached to an aromatic ring is 1. The largest absolute Gasteiger partial charge is 0.490 e. The number of rotatable bonds is 8. The van der Waals surface area contributed by atoms with Gasteiger partial charge in [0.1, 0.15) is 17.9 Å². The average molecular weight is 415 g/mol. The first kappa shape index (κ1) is 21.8. The molecule has 8 heteroatoms. The molecule has 1 aromatic carbocycles. The number of ether oxygens (including phenoxy) is 2. The molecular weight excluding hydrogens is 386 g/mol. The van der Waals surface area contributed by atoms with Crippen molar-refractivity contribution in [3.05, 3.63) is 29.5 Å². The molecule has 0 aliphatic heterocycles. The van der Waals surface area contributed by atoms with Crippen molar-refractivity contribution in [3.8, 4) is 5.75 Å². The molecule has 8 nitrogen and oxygen atoms in total. The molecule has 1 fully saturated rings. The van der Waals surface area contributed by atoms with Crippen molar-refractivity contribution in [2.45, 2.75) is 58.1 Å². The summed E-state index contributed by atoms with van der Waals surface area (Å²) in [5.41, 5.74) is 7.37. The molecule has 0 radical (unpaired) electrons. The van der Waals surface area contributed by atoms with Crippen LogP contribution in [-0.4, -0.2) is 47.3 Å². The van der Waals surface area contributed by atoms with E-state index in [4.69, 9.17) is 15.2 Å². The van der Waals surface area contributed by atoms with Gasteiger partial charge in [-0.15, -0.1) is 0 Å². The number of carbonyl (C=O) groups excluding carboxylic acids is 1. The fourth-order valence-corrected chi connectivity index (χ4v) is 3.89. The predicted octanol–water partition coefficient (Wildman–Crippen LogP) is 3.06. The Morgan fingerprint density at radius 1 is 1.27 bits per heavy atom. The first-order valence-corrected chi connectivity index (χ1v) is 10.4. The number of aromatic carboxylic acids is 1. The minimum absolute atomic E-state index is 0.00950. The zero-order valence-corrected chi connectivity index (χ0v) is 17.4. The Morgan fingerprint density at radius 3 is 2.67 bits per heavy atom. The van der Waals surface area contributed by atoms with Crippen LogP contribution < -0.4 is 15.8 Å². The number of aromatic nitrogens is 1. The fraction of sp³-hybridized carbons (Fsp3) is 0.500. The SMILES string of the molecule is CCCOCC(=O)NC1CCC(Oc2cccc3nc(C)c(C(=O)O)c(N)c23)CC1. The van der Waals surface area contributed by atoms with Gasteiger partial charge in [-0.05, 0) is 51.2 Å². The van der Waals surface area contributed by atoms with E-state index in [1.54, 1.807) is 19.1 Å². The summed E-state index contributed by atoms with van der Waals surface area (Å²) >= 11 is 0. The van der Waals surface area contributed by atoms with Gasteiger partial charge in [-0.3, -0.25) is 9.78 Å². The normalized spacial score (nSPS) is 18.9. The monoisotopic (exact) mass is 415 g/mol. The van der Waals surface area contributed by atoms with Gasteiger partial charge in [-0.1, -0.05) is 13.0 Å². The van der Waals surface area contributed by atoms with Crippen LogP contribution in [0.5, 0.6) is 5.75 Å². The Balaban J connectivity index is 1.66. The third kappa shape index (κ3) is 4.99. The summed E-state index contributed by atoms with van der Waals surface area (Å²) in [5.74, 6) is -0.647. The molecule has 3 rings (SSSR count). The summed E-state index contributed by atoms with van der Waals surface area (Å²) < 4.78 is 11.5. The van der Waals surface area contributed by atoms with Gasteiger partial charge in [-0.2, -0.15) is 0 Å². The number of carbonyl (C=O) groups is 2. The van der Waals surface area contributed by atoms with Crippen molar-refractivity contribution in [3.63, 3.8) is 0 Å². The highest BCUT2D eigenvalue weighted by atomic mass is 16.5. The molecular formula is C22H29N3O5. The standard InChI is InChI=1S/C22H29N3O5/c1-3-11-29-12-18(26)25-14-7-9-15(10-8-14)30-17-6-4-5-16-20(17)21(23)19(22(27)28)13(2)24-16/h4-6,14-15H,3,7-12H2,1-2H3,(H2,23,24)(H,25,26)(H,27,28). The number of anilines is 1. The number of nitrogens with two attached hydrogens (primary N) is 1. The van der Waals surface area contributed by atoms with Gasteiger partial charge in [0, 0.05) is 12.6 Å². The third-order valence-corrected chi connectivity index (χ3v) is 5.32. The number of pyridine rings is 1. The van der Waals surface area contributed by atoms with Gasteiger partial charge < -0.3 is 25.6 Å². The molecule has 2 aromatic rings. The molecule has 0 bridgehead atoms. The van der Waals surface area contributed by atoms with Crippen LogP contribution in [0.4, 0.5) is 5.69 Å². The smallest absolute Gasteiger partial charge is 0.339 e. The molecule has 0 unspecified atom stereocenters. The average Bonchev–Trinajstić information content (AvgIpc) is 2.69. The van der Waals surface area contributed by atoms with Crippen LogP contribution in [0.3, 0.4) is 0 Å². The lowest BCUT2D eigenvalue weighted by Gasteiger charge is -2.30. The van der Waals surface area contributed by atoms with Gasteiger partial charge in [0.05, 0.1) is 28.4 Å². The van der Waals surface area contributed by atoms with Gasteiger partial charge in [-0.25, -0.2) is 4.79 Å². The van der Waals surface area contributed by atoms with Crippen molar-refractivity contribution in [1.82, 2.24) is 10.3 Å². The Morgan fingerprint density at radius 2 is 2.00 bits per heavy atom. The molecule has 1 aromatic heterocycles. The number of amides is 1. The van der Waals surface area contributed by atoms with E-state index in [0.29, 0.717) is 29.0 Å². The second-order valence-electron chi connectivity index (χ2n) is 7.65. The van der Waals surface area contributed by atoms with E-state index >= 15 is 0 Å². The molecule has 0 spiro atoms. The first-order chi connectivity index (χ1) is 14.4. The van der Waals surface area contributed by atoms with Crippen LogP contribution in [0.15, 0.2) is 18.2 Å². The van der Waals surface area contributed by atoms with E-state index in [9.17, 15) is 14.7 Å². The Labute approximate surface area is 175 Å². The van der Waals surface area contributed by atoms with Crippen molar-refractivity contribution in [2.75, 3.05) is 18.9 Å². The first-order valence-electron chi connectivity index (χ1n) is 10.4. The van der Waals surface area contributed by atoms with Crippen LogP contribution in [0.2, 0.25) is 0 Å². The van der Waals surface area contributed by atoms with E-state index in [0.717, 1.165) is 32.1 Å². The van der Waals surface area contributed by atoms with Gasteiger partial charge in [0.15, 0.2) is 0 Å². The number of nitrogens with zero attached hydrogens (tertiary/aromatic N) is 1. The predicted molar refractivity (Wildman–Crippen MR) is 114 cm³/mol. The Kier molecular flexibility index (Phi) is 7.10. The van der Waals surface area contributed by atoms with E-state index in [2.05, 4.69) is 10.3 Å². The third-order valence-electron chi connectivity index (χ3n) is 5.32. The Bertz CT molecular complexity index is 923. The number of carboxylic acids is 1. The molecule has 1 aliphatic carbocycles. The number of hydrogen-bond donors (Lipinski definition) is 3. The maximum Gasteiger partial charge on any atom is 0.339 e. The topological polar surface area (TPSA) is 124 Å². The maximum absolute atomic E-state index is 11.9. The zero-order chi connectivity index (χ0) is 21.7. The maximum atomic E-state index is 11.9. The number of aryl methyl sites for hydroxylation is 1. The van der Waals surface area contributed by atoms with Crippen LogP contribution in [0, 0.1) is 6.92 Å². The van der Waals surface area contributed by atoms with E-state index in [-0.39, 0.29) is 35.9 Å². The zero-order valence-electron chi connectivity index (χ0n) is 17.4. The lowest BCUT2D eigenvalue weighted by Crippen LogP contribution is -2.41. The summed E-state index contributed by atoms with van der Waals surface area (Å²) in [6.45, 7) is 4.32. The Hall–Kier alpha value is -2.87. The summed E-state index contributed by atoms with van der Waals surface area (Å²) in [7, 11) is 0. The molecule has 1 amide bonds. The van der Waals surface area contributed by atoms with Crippen LogP contribution in [0.25, 0.3) is 10.9 Å². The molecule has 1 saturated carbocycles. The summed E-state index contributed by atoms with van der Waals surface area (Å²) in [6, 6.07) is 5.53. The molecule has 0 saturated heterocycles. The highest BCUT2D eigenvalue weighted by Crippen LogP contribution is 2.35. The minimum atomic E-state index is -1.10. The quantitative estimate of drug-likeness (QED) is 0.566. The van der Waals surface area contributed by atoms with Crippen LogP contribution in [-0.2, 0) is 9.53 Å². The van der Waals surface area contributed by atoms with Gasteiger partial charge >= 0.3 is 5.97 Å². The number of hydrogen-bond acceptors (Lipinski definition) is 6. The minimum Gasteiger partial charge on any atom is -0.490 e. The number of carboxylic acid groups (broad SMARTS) is 1. The lowest BCUT2D eigenvalue weighted by molar-refractivity contribution is -0.126. The van der Waals surface area contributed by atoms with Crippen LogP contribution >= 0.6 is 0 Å². The number of benzene rings is 1. The van der Waals surface area contributed by atoms with Crippen molar-refractivity contribution < 1.29 is 24.2 Å². The molecule has 30 heavy (non-hydrogen) atoms. The van der Waals surface area contributed by atoms with Crippen molar-refractivity contribution in [1.29, 1.82) is 0 Å². The molecule has 1 heterocycles. The summed E-state index contributed by atoms with van der Waals surface area (Å²) in [5, 5.41) is 13.0. The number of nitrogens with one attached hydrogen (secondary N) is 1. The van der Waals surface area contributed by atoms with Crippen molar-refractivity contribution >= 4 is 28.5 Å². The molecule has 1 aliphatic rings. The molecule has 4 N–H and O–H groups in total. The van der Waals surface area contributed by atoms with Crippen molar-refractivity contribution in [2.24, 2.45) is 0 Å². The summed E-state index contributed by atoms with van der Waals surface area (Å²) in [4.78, 5) is 27.9. The second kappa shape index (κ2) is 9.75. The lowest BCUT2D eigenvalue weighted by atomic mass is 9.93. The van der Waals surface area contributed by atoms with Crippen LogP contribution in [0.1, 0.15) is 55.1 Å². The van der Waals surface area contributed by atoms with E-state index in [1.807, 2.05) is 13.0 Å². The number of fused-ring (bicyclic) bond motifs is 1. The fourth-order valence-electron chi connectivity index (χ4n) is 3.89. The van der Waals surface area contributed by atoms with Gasteiger partial charge in [0.2, 0.25) is 5.91 Å². The molecule has 0 atom stereocenters.